The van der Waals surface area contributed by atoms with E-state index in [1.54, 1.807) is 11.8 Å². The van der Waals surface area contributed by atoms with Crippen LogP contribution in [0.5, 0.6) is 5.75 Å². The largest absolute Gasteiger partial charge is 0.496 e. The molecule has 2 N–H and O–H groups in total. The molecule has 5 heteroatoms. The van der Waals surface area contributed by atoms with Crippen molar-refractivity contribution in [3.63, 3.8) is 0 Å². The Kier molecular flexibility index (Phi) is 3.85. The maximum absolute atomic E-state index is 5.57. The molecule has 0 radical (unpaired) electrons. The highest BCUT2D eigenvalue weighted by Gasteiger charge is 2.13. The summed E-state index contributed by atoms with van der Waals surface area (Å²) in [5.41, 5.74) is 8.79. The van der Waals surface area contributed by atoms with Crippen LogP contribution < -0.4 is 10.5 Å². The van der Waals surface area contributed by atoms with Crippen molar-refractivity contribution in [1.82, 2.24) is 14.8 Å². The molecule has 0 atom stereocenters. The van der Waals surface area contributed by atoms with Gasteiger partial charge in [0.25, 0.3) is 0 Å². The predicted octanol–water partition coefficient (Wildman–Crippen LogP) is 1.61. The van der Waals surface area contributed by atoms with Crippen LogP contribution in [0.2, 0.25) is 0 Å². The fraction of sp³-hybridized carbons (Fsp3) is 0.429. The maximum Gasteiger partial charge on any atom is 0.181 e. The van der Waals surface area contributed by atoms with Crippen LogP contribution in [-0.2, 0) is 13.5 Å². The Morgan fingerprint density at radius 3 is 2.63 bits per heavy atom. The van der Waals surface area contributed by atoms with E-state index in [4.69, 9.17) is 10.5 Å². The zero-order valence-corrected chi connectivity index (χ0v) is 11.9. The van der Waals surface area contributed by atoms with Gasteiger partial charge in [0, 0.05) is 19.0 Å². The number of methoxy groups -OCH3 is 1. The molecule has 0 fully saturated rings. The van der Waals surface area contributed by atoms with Crippen molar-refractivity contribution < 1.29 is 4.74 Å². The smallest absolute Gasteiger partial charge is 0.181 e. The van der Waals surface area contributed by atoms with Crippen LogP contribution >= 0.6 is 0 Å². The average Bonchev–Trinajstić information content (AvgIpc) is 2.73. The van der Waals surface area contributed by atoms with Gasteiger partial charge in [0.1, 0.15) is 11.6 Å². The molecule has 0 aliphatic rings. The van der Waals surface area contributed by atoms with Crippen LogP contribution in [0.25, 0.3) is 11.4 Å². The van der Waals surface area contributed by atoms with Crippen LogP contribution in [0.15, 0.2) is 12.1 Å². The van der Waals surface area contributed by atoms with Gasteiger partial charge < -0.3 is 10.5 Å². The molecular weight excluding hydrogens is 240 g/mol. The van der Waals surface area contributed by atoms with Crippen LogP contribution in [0.3, 0.4) is 0 Å². The Bertz CT molecular complexity index is 589. The Labute approximate surface area is 113 Å². The van der Waals surface area contributed by atoms with E-state index < -0.39 is 0 Å². The highest BCUT2D eigenvalue weighted by Crippen LogP contribution is 2.28. The topological polar surface area (TPSA) is 66.0 Å². The van der Waals surface area contributed by atoms with Gasteiger partial charge in [-0.1, -0.05) is 0 Å². The van der Waals surface area contributed by atoms with E-state index in [2.05, 4.69) is 16.1 Å². The number of aromatic nitrogens is 3. The Hall–Kier alpha value is -1.88. The van der Waals surface area contributed by atoms with Crippen molar-refractivity contribution >= 4 is 0 Å². The Morgan fingerprint density at radius 2 is 2.00 bits per heavy atom. The highest BCUT2D eigenvalue weighted by molar-refractivity contribution is 5.63. The number of ether oxygens (including phenoxy) is 1. The number of rotatable bonds is 4. The van der Waals surface area contributed by atoms with Gasteiger partial charge in [-0.25, -0.2) is 4.98 Å². The zero-order chi connectivity index (χ0) is 14.0. The molecule has 0 saturated heterocycles. The SMILES string of the molecule is COc1cc(C)c(-c2nc(CCN)n(C)n2)cc1C. The van der Waals surface area contributed by atoms with Crippen LogP contribution in [-0.4, -0.2) is 28.4 Å². The van der Waals surface area contributed by atoms with Crippen molar-refractivity contribution in [2.75, 3.05) is 13.7 Å². The molecule has 0 aliphatic carbocycles. The van der Waals surface area contributed by atoms with Crippen molar-refractivity contribution in [1.29, 1.82) is 0 Å². The van der Waals surface area contributed by atoms with Gasteiger partial charge in [-0.05, 0) is 43.7 Å². The van der Waals surface area contributed by atoms with E-state index in [-0.39, 0.29) is 0 Å². The normalized spacial score (nSPS) is 10.8. The molecule has 0 aliphatic heterocycles. The summed E-state index contributed by atoms with van der Waals surface area (Å²) < 4.78 is 7.11. The molecule has 102 valence electrons. The Morgan fingerprint density at radius 1 is 1.26 bits per heavy atom. The molecule has 1 heterocycles. The van der Waals surface area contributed by atoms with E-state index in [1.165, 1.54) is 0 Å². The summed E-state index contributed by atoms with van der Waals surface area (Å²) >= 11 is 0. The number of aryl methyl sites for hydroxylation is 3. The third-order valence-electron chi connectivity index (χ3n) is 3.20. The molecule has 2 rings (SSSR count). The molecule has 0 unspecified atom stereocenters. The minimum absolute atomic E-state index is 0.576. The first-order valence-corrected chi connectivity index (χ1v) is 6.32. The van der Waals surface area contributed by atoms with Gasteiger partial charge >= 0.3 is 0 Å². The summed E-state index contributed by atoms with van der Waals surface area (Å²) in [6, 6.07) is 4.08. The van der Waals surface area contributed by atoms with E-state index in [0.717, 1.165) is 40.5 Å². The van der Waals surface area contributed by atoms with Gasteiger partial charge in [0.15, 0.2) is 5.82 Å². The van der Waals surface area contributed by atoms with Gasteiger partial charge in [-0.3, -0.25) is 4.68 Å². The van der Waals surface area contributed by atoms with Gasteiger partial charge in [0.05, 0.1) is 7.11 Å². The molecular formula is C14H20N4O. The molecule has 0 amide bonds. The summed E-state index contributed by atoms with van der Waals surface area (Å²) in [4.78, 5) is 4.56. The highest BCUT2D eigenvalue weighted by atomic mass is 16.5. The fourth-order valence-electron chi connectivity index (χ4n) is 2.13. The van der Waals surface area contributed by atoms with Crippen LogP contribution in [0.1, 0.15) is 17.0 Å². The third kappa shape index (κ3) is 2.61. The lowest BCUT2D eigenvalue weighted by atomic mass is 10.0. The summed E-state index contributed by atoms with van der Waals surface area (Å²) in [6.07, 6.45) is 0.734. The molecule has 2 aromatic rings. The molecule has 0 spiro atoms. The van der Waals surface area contributed by atoms with Gasteiger partial charge in [0.2, 0.25) is 0 Å². The second kappa shape index (κ2) is 5.40. The number of nitrogens with zero attached hydrogens (tertiary/aromatic N) is 3. The Balaban J connectivity index is 2.47. The quantitative estimate of drug-likeness (QED) is 0.907. The number of hydrogen-bond acceptors (Lipinski definition) is 4. The molecule has 1 aromatic heterocycles. The molecule has 0 bridgehead atoms. The molecule has 5 nitrogen and oxygen atoms in total. The molecule has 1 aromatic carbocycles. The minimum Gasteiger partial charge on any atom is -0.496 e. The van der Waals surface area contributed by atoms with E-state index in [1.807, 2.05) is 27.0 Å². The zero-order valence-electron chi connectivity index (χ0n) is 11.9. The lowest BCUT2D eigenvalue weighted by Gasteiger charge is -2.08. The van der Waals surface area contributed by atoms with E-state index in [9.17, 15) is 0 Å². The van der Waals surface area contributed by atoms with Crippen LogP contribution in [0.4, 0.5) is 0 Å². The summed E-state index contributed by atoms with van der Waals surface area (Å²) in [5.74, 6) is 2.54. The first-order valence-electron chi connectivity index (χ1n) is 6.32. The summed E-state index contributed by atoms with van der Waals surface area (Å²) in [6.45, 7) is 4.63. The first kappa shape index (κ1) is 13.5. The summed E-state index contributed by atoms with van der Waals surface area (Å²) in [5, 5.41) is 4.47. The van der Waals surface area contributed by atoms with Crippen molar-refractivity contribution in [3.8, 4) is 17.1 Å². The average molecular weight is 260 g/mol. The fourth-order valence-corrected chi connectivity index (χ4v) is 2.13. The van der Waals surface area contributed by atoms with E-state index in [0.29, 0.717) is 6.54 Å². The lowest BCUT2D eigenvalue weighted by Crippen LogP contribution is -2.08. The summed E-state index contributed by atoms with van der Waals surface area (Å²) in [7, 11) is 3.58. The van der Waals surface area contributed by atoms with Crippen molar-refractivity contribution in [3.05, 3.63) is 29.1 Å². The van der Waals surface area contributed by atoms with Gasteiger partial charge in [-0.15, -0.1) is 0 Å². The van der Waals surface area contributed by atoms with E-state index >= 15 is 0 Å². The standard InChI is InChI=1S/C14H20N4O/c1-9-8-12(19-4)10(2)7-11(9)14-16-13(5-6-15)18(3)17-14/h7-8H,5-6,15H2,1-4H3. The number of nitrogens with two attached hydrogens (primary N) is 1. The minimum atomic E-state index is 0.576. The number of benzene rings is 1. The molecule has 0 saturated carbocycles. The van der Waals surface area contributed by atoms with Gasteiger partial charge in [-0.2, -0.15) is 5.10 Å². The second-order valence-electron chi connectivity index (χ2n) is 4.65. The second-order valence-corrected chi connectivity index (χ2v) is 4.65. The third-order valence-corrected chi connectivity index (χ3v) is 3.20. The van der Waals surface area contributed by atoms with Crippen molar-refractivity contribution in [2.45, 2.75) is 20.3 Å². The first-order chi connectivity index (χ1) is 9.06. The molecule has 19 heavy (non-hydrogen) atoms. The monoisotopic (exact) mass is 260 g/mol. The number of hydrogen-bond donors (Lipinski definition) is 1. The van der Waals surface area contributed by atoms with Crippen LogP contribution in [0, 0.1) is 13.8 Å². The van der Waals surface area contributed by atoms with Crippen molar-refractivity contribution in [2.24, 2.45) is 12.8 Å². The predicted molar refractivity (Wildman–Crippen MR) is 75.2 cm³/mol. The lowest BCUT2D eigenvalue weighted by molar-refractivity contribution is 0.411. The maximum atomic E-state index is 5.57.